The average Bonchev–Trinajstić information content (AvgIpc) is 3.21. The van der Waals surface area contributed by atoms with Gasteiger partial charge in [0, 0.05) is 39.6 Å². The summed E-state index contributed by atoms with van der Waals surface area (Å²) < 4.78 is 14.8. The van der Waals surface area contributed by atoms with Crippen molar-refractivity contribution >= 4 is 5.91 Å². The van der Waals surface area contributed by atoms with Gasteiger partial charge in [-0.3, -0.25) is 9.48 Å². The number of aromatic nitrogens is 3. The van der Waals surface area contributed by atoms with Gasteiger partial charge >= 0.3 is 0 Å². The minimum absolute atomic E-state index is 0.184. The Hall–Kier alpha value is -2.28. The highest BCUT2D eigenvalue weighted by molar-refractivity contribution is 5.75. The van der Waals surface area contributed by atoms with Crippen LogP contribution in [-0.4, -0.2) is 63.7 Å². The highest BCUT2D eigenvalue weighted by Crippen LogP contribution is 2.18. The standard InChI is InChI=1S/C21H30FN5O/c1-25(21(28)5-3-12-27-17-23-16-24-27)14-19-4-2-11-26(15-19)13-10-18-6-8-20(22)9-7-18/h6-9,16-17,19H,2-5,10-15H2,1H3. The predicted molar refractivity (Wildman–Crippen MR) is 106 cm³/mol. The van der Waals surface area contributed by atoms with E-state index in [-0.39, 0.29) is 11.7 Å². The molecule has 1 saturated heterocycles. The largest absolute Gasteiger partial charge is 0.345 e. The van der Waals surface area contributed by atoms with Crippen molar-refractivity contribution in [1.29, 1.82) is 0 Å². The molecule has 6 nitrogen and oxygen atoms in total. The second-order valence-corrected chi connectivity index (χ2v) is 7.72. The van der Waals surface area contributed by atoms with Crippen molar-refractivity contribution in [3.05, 3.63) is 48.3 Å². The van der Waals surface area contributed by atoms with Gasteiger partial charge in [0.05, 0.1) is 0 Å². The van der Waals surface area contributed by atoms with Gasteiger partial charge < -0.3 is 9.80 Å². The fourth-order valence-corrected chi connectivity index (χ4v) is 3.86. The van der Waals surface area contributed by atoms with E-state index in [4.69, 9.17) is 0 Å². The molecule has 0 bridgehead atoms. The third-order valence-corrected chi connectivity index (χ3v) is 5.44. The van der Waals surface area contributed by atoms with E-state index in [2.05, 4.69) is 15.0 Å². The van der Waals surface area contributed by atoms with Gasteiger partial charge in [0.25, 0.3) is 0 Å². The van der Waals surface area contributed by atoms with Crippen LogP contribution in [-0.2, 0) is 17.8 Å². The quantitative estimate of drug-likeness (QED) is 0.664. The van der Waals surface area contributed by atoms with Crippen molar-refractivity contribution in [2.75, 3.05) is 33.2 Å². The molecule has 1 atom stereocenters. The third-order valence-electron chi connectivity index (χ3n) is 5.44. The average molecular weight is 388 g/mol. The molecular formula is C21H30FN5O. The molecule has 0 radical (unpaired) electrons. The molecular weight excluding hydrogens is 357 g/mol. The first-order valence-corrected chi connectivity index (χ1v) is 10.1. The fourth-order valence-electron chi connectivity index (χ4n) is 3.86. The molecule has 2 aromatic rings. The predicted octanol–water partition coefficient (Wildman–Crippen LogP) is 2.61. The van der Waals surface area contributed by atoms with E-state index in [0.717, 1.165) is 45.6 Å². The van der Waals surface area contributed by atoms with Crippen molar-refractivity contribution in [2.45, 2.75) is 38.6 Å². The highest BCUT2D eigenvalue weighted by atomic mass is 19.1. The molecule has 1 aromatic heterocycles. The Morgan fingerprint density at radius 2 is 2.11 bits per heavy atom. The van der Waals surface area contributed by atoms with E-state index in [1.807, 2.05) is 24.1 Å². The number of nitrogens with zero attached hydrogens (tertiary/aromatic N) is 5. The maximum atomic E-state index is 13.0. The van der Waals surface area contributed by atoms with E-state index >= 15 is 0 Å². The molecule has 0 N–H and O–H groups in total. The minimum atomic E-state index is -0.184. The van der Waals surface area contributed by atoms with Crippen LogP contribution in [0.3, 0.4) is 0 Å². The summed E-state index contributed by atoms with van der Waals surface area (Å²) in [5.41, 5.74) is 1.17. The van der Waals surface area contributed by atoms with Crippen LogP contribution in [0.2, 0.25) is 0 Å². The van der Waals surface area contributed by atoms with Crippen LogP contribution in [0.25, 0.3) is 0 Å². The molecule has 1 aromatic carbocycles. The van der Waals surface area contributed by atoms with E-state index in [0.29, 0.717) is 12.3 Å². The van der Waals surface area contributed by atoms with Crippen LogP contribution in [0.15, 0.2) is 36.9 Å². The van der Waals surface area contributed by atoms with Crippen molar-refractivity contribution in [3.8, 4) is 0 Å². The third kappa shape index (κ3) is 6.41. The second-order valence-electron chi connectivity index (χ2n) is 7.72. The van der Waals surface area contributed by atoms with Crippen molar-refractivity contribution in [2.24, 2.45) is 5.92 Å². The van der Waals surface area contributed by atoms with E-state index in [1.165, 1.54) is 36.9 Å². The molecule has 1 aliphatic rings. The monoisotopic (exact) mass is 387 g/mol. The second kappa shape index (κ2) is 10.3. The Morgan fingerprint density at radius 1 is 1.29 bits per heavy atom. The smallest absolute Gasteiger partial charge is 0.222 e. The summed E-state index contributed by atoms with van der Waals surface area (Å²) >= 11 is 0. The van der Waals surface area contributed by atoms with E-state index in [9.17, 15) is 9.18 Å². The zero-order valence-corrected chi connectivity index (χ0v) is 16.6. The lowest BCUT2D eigenvalue weighted by Crippen LogP contribution is -2.42. The molecule has 0 saturated carbocycles. The molecule has 1 fully saturated rings. The Balaban J connectivity index is 1.37. The first-order chi connectivity index (χ1) is 13.6. The number of benzene rings is 1. The molecule has 1 unspecified atom stereocenters. The fraction of sp³-hybridized carbons (Fsp3) is 0.571. The van der Waals surface area contributed by atoms with E-state index < -0.39 is 0 Å². The Labute approximate surface area is 166 Å². The number of carbonyl (C=O) groups is 1. The Kier molecular flexibility index (Phi) is 7.54. The normalized spacial score (nSPS) is 17.6. The lowest BCUT2D eigenvalue weighted by atomic mass is 9.97. The number of hydrogen-bond acceptors (Lipinski definition) is 4. The summed E-state index contributed by atoms with van der Waals surface area (Å²) in [6.07, 6.45) is 7.78. The van der Waals surface area contributed by atoms with Crippen LogP contribution in [0.1, 0.15) is 31.2 Å². The Bertz CT molecular complexity index is 719. The SMILES string of the molecule is CN(CC1CCCN(CCc2ccc(F)cc2)C1)C(=O)CCCn1cncn1. The van der Waals surface area contributed by atoms with Gasteiger partial charge in [0.2, 0.25) is 5.91 Å². The molecule has 0 aliphatic carbocycles. The molecule has 3 rings (SSSR count). The summed E-state index contributed by atoms with van der Waals surface area (Å²) in [7, 11) is 1.91. The number of hydrogen-bond donors (Lipinski definition) is 0. The van der Waals surface area contributed by atoms with Crippen LogP contribution in [0.4, 0.5) is 4.39 Å². The molecule has 1 aliphatic heterocycles. The van der Waals surface area contributed by atoms with Crippen molar-refractivity contribution < 1.29 is 9.18 Å². The number of likely N-dealkylation sites (tertiary alicyclic amines) is 1. The number of halogens is 1. The number of amides is 1. The summed E-state index contributed by atoms with van der Waals surface area (Å²) in [4.78, 5) is 20.7. The zero-order valence-electron chi connectivity index (χ0n) is 16.6. The number of carbonyl (C=O) groups excluding carboxylic acids is 1. The molecule has 2 heterocycles. The van der Waals surface area contributed by atoms with E-state index in [1.54, 1.807) is 11.0 Å². The van der Waals surface area contributed by atoms with Gasteiger partial charge in [0.15, 0.2) is 0 Å². The Morgan fingerprint density at radius 3 is 2.86 bits per heavy atom. The van der Waals surface area contributed by atoms with Gasteiger partial charge in [-0.15, -0.1) is 0 Å². The summed E-state index contributed by atoms with van der Waals surface area (Å²) in [5.74, 6) is 0.533. The van der Waals surface area contributed by atoms with Crippen molar-refractivity contribution in [1.82, 2.24) is 24.6 Å². The van der Waals surface area contributed by atoms with Gasteiger partial charge in [-0.25, -0.2) is 9.37 Å². The first kappa shape index (κ1) is 20.5. The van der Waals surface area contributed by atoms with Crippen LogP contribution in [0.5, 0.6) is 0 Å². The zero-order chi connectivity index (χ0) is 19.8. The topological polar surface area (TPSA) is 54.3 Å². The lowest BCUT2D eigenvalue weighted by Gasteiger charge is -2.34. The molecule has 28 heavy (non-hydrogen) atoms. The number of aryl methyl sites for hydroxylation is 1. The van der Waals surface area contributed by atoms with Gasteiger partial charge in [0.1, 0.15) is 18.5 Å². The van der Waals surface area contributed by atoms with Gasteiger partial charge in [-0.2, -0.15) is 5.10 Å². The number of piperidine rings is 1. The lowest BCUT2D eigenvalue weighted by molar-refractivity contribution is -0.130. The van der Waals surface area contributed by atoms with Crippen molar-refractivity contribution in [3.63, 3.8) is 0 Å². The molecule has 152 valence electrons. The summed E-state index contributed by atoms with van der Waals surface area (Å²) in [6, 6.07) is 6.78. The van der Waals surface area contributed by atoms with Crippen LogP contribution in [0, 0.1) is 11.7 Å². The van der Waals surface area contributed by atoms with Crippen LogP contribution < -0.4 is 0 Å². The molecule has 0 spiro atoms. The minimum Gasteiger partial charge on any atom is -0.345 e. The van der Waals surface area contributed by atoms with Gasteiger partial charge in [-0.05, 0) is 55.8 Å². The summed E-state index contributed by atoms with van der Waals surface area (Å²) in [5, 5.41) is 4.06. The maximum Gasteiger partial charge on any atom is 0.222 e. The maximum absolute atomic E-state index is 13.0. The number of rotatable bonds is 9. The first-order valence-electron chi connectivity index (χ1n) is 10.1. The summed E-state index contributed by atoms with van der Waals surface area (Å²) in [6.45, 7) is 4.65. The highest BCUT2D eigenvalue weighted by Gasteiger charge is 2.22. The van der Waals surface area contributed by atoms with Gasteiger partial charge in [-0.1, -0.05) is 12.1 Å². The van der Waals surface area contributed by atoms with Crippen LogP contribution >= 0.6 is 0 Å². The molecule has 1 amide bonds. The molecule has 7 heteroatoms.